The molecule has 0 aliphatic heterocycles. The molecular formula is C9H9NO3. The highest BCUT2D eigenvalue weighted by Gasteiger charge is 2.08. The highest BCUT2D eigenvalue weighted by molar-refractivity contribution is 5.86. The maximum absolute atomic E-state index is 10.4. The van der Waals surface area contributed by atoms with Gasteiger partial charge in [-0.15, -0.1) is 0 Å². The van der Waals surface area contributed by atoms with E-state index in [0.717, 1.165) is 0 Å². The fraction of sp³-hybridized carbons (Fsp3) is 0.111. The number of aromatic nitrogens is 1. The summed E-state index contributed by atoms with van der Waals surface area (Å²) in [5.41, 5.74) is 0.498. The van der Waals surface area contributed by atoms with Crippen molar-refractivity contribution in [2.24, 2.45) is 0 Å². The molecule has 0 spiro atoms. The van der Waals surface area contributed by atoms with Crippen LogP contribution >= 0.6 is 0 Å². The van der Waals surface area contributed by atoms with E-state index in [1.807, 2.05) is 0 Å². The molecule has 13 heavy (non-hydrogen) atoms. The van der Waals surface area contributed by atoms with Gasteiger partial charge in [0.05, 0.1) is 0 Å². The van der Waals surface area contributed by atoms with Crippen molar-refractivity contribution in [3.8, 4) is 5.88 Å². The Labute approximate surface area is 75.2 Å². The van der Waals surface area contributed by atoms with Gasteiger partial charge in [0.15, 0.2) is 0 Å². The van der Waals surface area contributed by atoms with Gasteiger partial charge in [0.1, 0.15) is 0 Å². The molecule has 0 saturated heterocycles. The van der Waals surface area contributed by atoms with Gasteiger partial charge in [0, 0.05) is 23.8 Å². The zero-order valence-electron chi connectivity index (χ0n) is 6.90. The Morgan fingerprint density at radius 3 is 2.85 bits per heavy atom. The van der Waals surface area contributed by atoms with Crippen molar-refractivity contribution in [2.45, 2.75) is 6.42 Å². The molecule has 1 rings (SSSR count). The first-order valence-electron chi connectivity index (χ1n) is 3.65. The van der Waals surface area contributed by atoms with Crippen molar-refractivity contribution >= 4 is 5.97 Å². The second-order valence-corrected chi connectivity index (χ2v) is 2.57. The summed E-state index contributed by atoms with van der Waals surface area (Å²) in [5, 5.41) is 17.7. The van der Waals surface area contributed by atoms with Crippen molar-refractivity contribution in [1.82, 2.24) is 4.98 Å². The number of aliphatic carboxylic acids is 1. The number of nitrogens with zero attached hydrogens (tertiary/aromatic N) is 1. The monoisotopic (exact) mass is 179 g/mol. The third-order valence-electron chi connectivity index (χ3n) is 1.57. The Kier molecular flexibility index (Phi) is 2.64. The molecule has 0 aromatic carbocycles. The van der Waals surface area contributed by atoms with Crippen LogP contribution in [-0.4, -0.2) is 21.2 Å². The summed E-state index contributed by atoms with van der Waals surface area (Å²) in [5.74, 6) is -1.21. The highest BCUT2D eigenvalue weighted by Crippen LogP contribution is 2.15. The Hall–Kier alpha value is -1.84. The van der Waals surface area contributed by atoms with Gasteiger partial charge in [0.25, 0.3) is 0 Å². The van der Waals surface area contributed by atoms with E-state index >= 15 is 0 Å². The lowest BCUT2D eigenvalue weighted by molar-refractivity contribution is -0.132. The van der Waals surface area contributed by atoms with Crippen LogP contribution in [-0.2, 0) is 11.2 Å². The number of carboxylic acids is 1. The molecule has 0 amide bonds. The van der Waals surface area contributed by atoms with Gasteiger partial charge in [0.2, 0.25) is 5.88 Å². The normalized spacial score (nSPS) is 9.54. The van der Waals surface area contributed by atoms with Gasteiger partial charge in [-0.05, 0) is 6.07 Å². The molecule has 0 unspecified atom stereocenters. The number of carboxylic acid groups (broad SMARTS) is 1. The van der Waals surface area contributed by atoms with E-state index in [0.29, 0.717) is 5.56 Å². The molecule has 0 bridgehead atoms. The molecule has 4 nitrogen and oxygen atoms in total. The minimum atomic E-state index is -1.07. The smallest absolute Gasteiger partial charge is 0.331 e. The topological polar surface area (TPSA) is 70.4 Å². The molecule has 1 aromatic rings. The molecule has 1 heterocycles. The molecule has 0 radical (unpaired) electrons. The van der Waals surface area contributed by atoms with Crippen LogP contribution in [0.5, 0.6) is 5.88 Å². The van der Waals surface area contributed by atoms with E-state index in [1.165, 1.54) is 6.20 Å². The van der Waals surface area contributed by atoms with Crippen LogP contribution in [0, 0.1) is 0 Å². The standard InChI is InChI=1S/C9H9NO3/c1-6(9(12)13)5-7-3-2-4-10-8(7)11/h2-4H,1,5H2,(H,10,11)(H,12,13). The summed E-state index contributed by atoms with van der Waals surface area (Å²) in [6.07, 6.45) is 1.54. The number of rotatable bonds is 3. The molecule has 0 fully saturated rings. The molecule has 0 atom stereocenters. The third-order valence-corrected chi connectivity index (χ3v) is 1.57. The number of aromatic hydroxyl groups is 1. The van der Waals surface area contributed by atoms with Crippen LogP contribution in [0.3, 0.4) is 0 Å². The lowest BCUT2D eigenvalue weighted by Crippen LogP contribution is -2.02. The molecule has 0 aliphatic rings. The predicted octanol–water partition coefficient (Wildman–Crippen LogP) is 0.970. The van der Waals surface area contributed by atoms with E-state index in [9.17, 15) is 9.90 Å². The number of pyridine rings is 1. The molecule has 0 saturated carbocycles. The summed E-state index contributed by atoms with van der Waals surface area (Å²) >= 11 is 0. The summed E-state index contributed by atoms with van der Waals surface area (Å²) in [4.78, 5) is 14.0. The maximum Gasteiger partial charge on any atom is 0.331 e. The fourth-order valence-electron chi connectivity index (χ4n) is 0.874. The van der Waals surface area contributed by atoms with Crippen LogP contribution in [0.25, 0.3) is 0 Å². The lowest BCUT2D eigenvalue weighted by atomic mass is 10.1. The van der Waals surface area contributed by atoms with E-state index in [4.69, 9.17) is 5.11 Å². The molecule has 2 N–H and O–H groups in total. The Morgan fingerprint density at radius 1 is 1.62 bits per heavy atom. The second kappa shape index (κ2) is 3.71. The van der Waals surface area contributed by atoms with Crippen molar-refractivity contribution in [2.75, 3.05) is 0 Å². The first kappa shape index (κ1) is 9.25. The van der Waals surface area contributed by atoms with Gasteiger partial charge in [-0.3, -0.25) is 0 Å². The van der Waals surface area contributed by atoms with E-state index < -0.39 is 5.97 Å². The van der Waals surface area contributed by atoms with Gasteiger partial charge in [-0.1, -0.05) is 12.6 Å². The minimum Gasteiger partial charge on any atom is -0.493 e. The first-order valence-corrected chi connectivity index (χ1v) is 3.65. The Morgan fingerprint density at radius 2 is 2.31 bits per heavy atom. The molecule has 4 heteroatoms. The summed E-state index contributed by atoms with van der Waals surface area (Å²) in [6.45, 7) is 3.35. The molecular weight excluding hydrogens is 170 g/mol. The van der Waals surface area contributed by atoms with Crippen molar-refractivity contribution < 1.29 is 15.0 Å². The van der Waals surface area contributed by atoms with Crippen LogP contribution in [0.4, 0.5) is 0 Å². The SMILES string of the molecule is C=C(Cc1cccnc1O)C(=O)O. The zero-order chi connectivity index (χ0) is 9.84. The van der Waals surface area contributed by atoms with Crippen LogP contribution in [0.15, 0.2) is 30.5 Å². The van der Waals surface area contributed by atoms with Crippen LogP contribution < -0.4 is 0 Å². The fourth-order valence-corrected chi connectivity index (χ4v) is 0.874. The highest BCUT2D eigenvalue weighted by atomic mass is 16.4. The zero-order valence-corrected chi connectivity index (χ0v) is 6.90. The predicted molar refractivity (Wildman–Crippen MR) is 46.4 cm³/mol. The minimum absolute atomic E-state index is 0.0308. The first-order chi connectivity index (χ1) is 6.11. The van der Waals surface area contributed by atoms with Gasteiger partial charge in [-0.25, -0.2) is 9.78 Å². The molecule has 0 aliphatic carbocycles. The molecule has 1 aromatic heterocycles. The van der Waals surface area contributed by atoms with Gasteiger partial charge < -0.3 is 10.2 Å². The second-order valence-electron chi connectivity index (χ2n) is 2.57. The van der Waals surface area contributed by atoms with Crippen molar-refractivity contribution in [1.29, 1.82) is 0 Å². The average molecular weight is 179 g/mol. The summed E-state index contributed by atoms with van der Waals surface area (Å²) < 4.78 is 0. The van der Waals surface area contributed by atoms with Gasteiger partial charge in [-0.2, -0.15) is 0 Å². The Balaban J connectivity index is 2.81. The van der Waals surface area contributed by atoms with Gasteiger partial charge >= 0.3 is 5.97 Å². The van der Waals surface area contributed by atoms with Crippen molar-refractivity contribution in [3.63, 3.8) is 0 Å². The summed E-state index contributed by atoms with van der Waals surface area (Å²) in [6, 6.07) is 3.24. The largest absolute Gasteiger partial charge is 0.493 e. The lowest BCUT2D eigenvalue weighted by Gasteiger charge is -2.01. The quantitative estimate of drug-likeness (QED) is 0.678. The van der Waals surface area contributed by atoms with Crippen LogP contribution in [0.2, 0.25) is 0 Å². The Bertz CT molecular complexity index is 346. The van der Waals surface area contributed by atoms with E-state index in [2.05, 4.69) is 11.6 Å². The third kappa shape index (κ3) is 2.30. The average Bonchev–Trinajstić information content (AvgIpc) is 2.08. The number of carbonyl (C=O) groups is 1. The van der Waals surface area contributed by atoms with Crippen LogP contribution in [0.1, 0.15) is 5.56 Å². The summed E-state index contributed by atoms with van der Waals surface area (Å²) in [7, 11) is 0. The number of hydrogen-bond donors (Lipinski definition) is 2. The van der Waals surface area contributed by atoms with Crippen molar-refractivity contribution in [3.05, 3.63) is 36.0 Å². The number of hydrogen-bond acceptors (Lipinski definition) is 3. The molecule has 68 valence electrons. The van der Waals surface area contributed by atoms with E-state index in [1.54, 1.807) is 12.1 Å². The van der Waals surface area contributed by atoms with E-state index in [-0.39, 0.29) is 17.9 Å². The maximum atomic E-state index is 10.4.